The maximum atomic E-state index is 12.4. The number of hydrogen-bond donors (Lipinski definition) is 0. The van der Waals surface area contributed by atoms with Crippen LogP contribution < -0.4 is 9.47 Å². The molecule has 1 aliphatic rings. The lowest BCUT2D eigenvalue weighted by molar-refractivity contribution is -0.127. The molecule has 1 amide bonds. The Labute approximate surface area is 168 Å². The average molecular weight is 394 g/mol. The number of thiazole rings is 1. The summed E-state index contributed by atoms with van der Waals surface area (Å²) >= 11 is 1.54. The summed E-state index contributed by atoms with van der Waals surface area (Å²) in [7, 11) is 1.65. The highest BCUT2D eigenvalue weighted by Crippen LogP contribution is 2.31. The zero-order chi connectivity index (χ0) is 19.3. The summed E-state index contributed by atoms with van der Waals surface area (Å²) in [6.45, 7) is 1.39. The fourth-order valence-corrected chi connectivity index (χ4v) is 4.10. The monoisotopic (exact) mass is 394 g/mol. The van der Waals surface area contributed by atoms with Crippen LogP contribution in [0, 0.1) is 0 Å². The molecule has 0 saturated carbocycles. The molecule has 0 aliphatic carbocycles. The predicted molar refractivity (Wildman–Crippen MR) is 112 cm³/mol. The number of methoxy groups -OCH3 is 1. The molecule has 1 aromatic heterocycles. The van der Waals surface area contributed by atoms with Gasteiger partial charge in [-0.1, -0.05) is 41.7 Å². The van der Waals surface area contributed by atoms with Crippen LogP contribution in [0.1, 0.15) is 18.4 Å². The number of aromatic nitrogens is 1. The maximum Gasteiger partial charge on any atom is 0.274 e. The zero-order valence-corrected chi connectivity index (χ0v) is 16.5. The molecule has 0 spiro atoms. The average Bonchev–Trinajstić information content (AvgIpc) is 3.14. The van der Waals surface area contributed by atoms with Gasteiger partial charge in [0.2, 0.25) is 5.91 Å². The molecule has 0 unspecified atom stereocenters. The van der Waals surface area contributed by atoms with E-state index >= 15 is 0 Å². The second-order valence-corrected chi connectivity index (χ2v) is 7.69. The molecule has 1 saturated heterocycles. The number of likely N-dealkylation sites (tertiary alicyclic amines) is 1. The minimum absolute atomic E-state index is 0.0504. The molecule has 28 heavy (non-hydrogen) atoms. The van der Waals surface area contributed by atoms with Crippen LogP contribution in [0.15, 0.2) is 54.6 Å². The van der Waals surface area contributed by atoms with Gasteiger partial charge in [-0.15, -0.1) is 0 Å². The predicted octanol–water partition coefficient (Wildman–Crippen LogP) is 4.39. The second-order valence-electron chi connectivity index (χ2n) is 6.70. The van der Waals surface area contributed by atoms with Gasteiger partial charge in [0.1, 0.15) is 11.9 Å². The summed E-state index contributed by atoms with van der Waals surface area (Å²) in [6.07, 6.45) is 5.22. The van der Waals surface area contributed by atoms with Gasteiger partial charge in [-0.25, -0.2) is 4.98 Å². The van der Waals surface area contributed by atoms with Crippen LogP contribution >= 0.6 is 11.3 Å². The van der Waals surface area contributed by atoms with Crippen LogP contribution in [-0.2, 0) is 4.79 Å². The van der Waals surface area contributed by atoms with E-state index in [1.165, 1.54) is 0 Å². The van der Waals surface area contributed by atoms with Crippen molar-refractivity contribution in [1.29, 1.82) is 0 Å². The van der Waals surface area contributed by atoms with Crippen LogP contribution in [0.4, 0.5) is 0 Å². The van der Waals surface area contributed by atoms with Crippen LogP contribution in [0.25, 0.3) is 16.3 Å². The van der Waals surface area contributed by atoms with E-state index in [-0.39, 0.29) is 12.0 Å². The number of ether oxygens (including phenoxy) is 2. The first-order valence-electron chi connectivity index (χ1n) is 9.34. The maximum absolute atomic E-state index is 12.4. The van der Waals surface area contributed by atoms with Crippen molar-refractivity contribution in [1.82, 2.24) is 9.88 Å². The van der Waals surface area contributed by atoms with Crippen molar-refractivity contribution in [3.8, 4) is 10.9 Å². The van der Waals surface area contributed by atoms with Gasteiger partial charge in [-0.3, -0.25) is 4.79 Å². The number of piperidine rings is 1. The van der Waals surface area contributed by atoms with Crippen LogP contribution in [0.5, 0.6) is 10.9 Å². The standard InChI is InChI=1S/C22H22N2O3S/c1-26-18-8-9-20-19(15-18)23-22(28-20)27-17-11-13-24(14-12-17)21(25)10-7-16-5-3-2-4-6-16/h2-10,15,17H,11-14H2,1H3. The highest BCUT2D eigenvalue weighted by atomic mass is 32.1. The number of benzene rings is 2. The quantitative estimate of drug-likeness (QED) is 0.603. The van der Waals surface area contributed by atoms with Gasteiger partial charge in [0.25, 0.3) is 5.19 Å². The Balaban J connectivity index is 1.31. The molecule has 2 heterocycles. The summed E-state index contributed by atoms with van der Waals surface area (Å²) in [5.41, 5.74) is 1.92. The molecule has 0 radical (unpaired) electrons. The fraction of sp³-hybridized carbons (Fsp3) is 0.273. The number of carbonyl (C=O) groups excluding carboxylic acids is 1. The Morgan fingerprint density at radius 2 is 1.96 bits per heavy atom. The summed E-state index contributed by atoms with van der Waals surface area (Å²) in [6, 6.07) is 15.7. The summed E-state index contributed by atoms with van der Waals surface area (Å²) in [5, 5.41) is 0.678. The third-order valence-corrected chi connectivity index (χ3v) is 5.74. The first-order valence-corrected chi connectivity index (χ1v) is 10.2. The minimum Gasteiger partial charge on any atom is -0.497 e. The molecule has 3 aromatic rings. The lowest BCUT2D eigenvalue weighted by atomic mass is 10.1. The van der Waals surface area contributed by atoms with Gasteiger partial charge in [0.15, 0.2) is 0 Å². The van der Waals surface area contributed by atoms with E-state index < -0.39 is 0 Å². The fourth-order valence-electron chi connectivity index (χ4n) is 3.24. The molecule has 0 bridgehead atoms. The smallest absolute Gasteiger partial charge is 0.274 e. The highest BCUT2D eigenvalue weighted by Gasteiger charge is 2.23. The molecule has 1 aliphatic heterocycles. The molecule has 0 N–H and O–H groups in total. The topological polar surface area (TPSA) is 51.7 Å². The van der Waals surface area contributed by atoms with Gasteiger partial charge in [-0.05, 0) is 23.8 Å². The van der Waals surface area contributed by atoms with E-state index in [9.17, 15) is 4.79 Å². The molecule has 2 aromatic carbocycles. The zero-order valence-electron chi connectivity index (χ0n) is 15.7. The number of fused-ring (bicyclic) bond motifs is 1. The number of rotatable bonds is 5. The molecular formula is C22H22N2O3S. The van der Waals surface area contributed by atoms with E-state index in [2.05, 4.69) is 4.98 Å². The molecule has 144 valence electrons. The van der Waals surface area contributed by atoms with Crippen molar-refractivity contribution >= 4 is 33.5 Å². The first-order chi connectivity index (χ1) is 13.7. The Morgan fingerprint density at radius 1 is 1.18 bits per heavy atom. The van der Waals surface area contributed by atoms with E-state index in [4.69, 9.17) is 9.47 Å². The molecule has 0 atom stereocenters. The van der Waals surface area contributed by atoms with Crippen molar-refractivity contribution in [3.63, 3.8) is 0 Å². The van der Waals surface area contributed by atoms with Crippen molar-refractivity contribution in [3.05, 3.63) is 60.2 Å². The summed E-state index contributed by atoms with van der Waals surface area (Å²) in [5.74, 6) is 0.842. The van der Waals surface area contributed by atoms with Gasteiger partial charge < -0.3 is 14.4 Å². The first kappa shape index (κ1) is 18.5. The van der Waals surface area contributed by atoms with Gasteiger partial charge in [-0.2, -0.15) is 0 Å². The van der Waals surface area contributed by atoms with Crippen molar-refractivity contribution < 1.29 is 14.3 Å². The van der Waals surface area contributed by atoms with Crippen molar-refractivity contribution in [2.45, 2.75) is 18.9 Å². The molecular weight excluding hydrogens is 372 g/mol. The number of hydrogen-bond acceptors (Lipinski definition) is 5. The largest absolute Gasteiger partial charge is 0.497 e. The van der Waals surface area contributed by atoms with E-state index in [0.29, 0.717) is 18.3 Å². The molecule has 6 heteroatoms. The van der Waals surface area contributed by atoms with Crippen molar-refractivity contribution in [2.75, 3.05) is 20.2 Å². The Morgan fingerprint density at radius 3 is 2.71 bits per heavy atom. The van der Waals surface area contributed by atoms with Crippen LogP contribution in [-0.4, -0.2) is 42.1 Å². The van der Waals surface area contributed by atoms with Gasteiger partial charge in [0, 0.05) is 38.1 Å². The van der Waals surface area contributed by atoms with E-state index in [0.717, 1.165) is 34.4 Å². The number of amides is 1. The summed E-state index contributed by atoms with van der Waals surface area (Å²) in [4.78, 5) is 18.8. The third-order valence-electron chi connectivity index (χ3n) is 4.81. The lowest BCUT2D eigenvalue weighted by Crippen LogP contribution is -2.41. The Kier molecular flexibility index (Phi) is 5.58. The minimum atomic E-state index is 0.0504. The lowest BCUT2D eigenvalue weighted by Gasteiger charge is -2.30. The van der Waals surface area contributed by atoms with E-state index in [1.54, 1.807) is 24.5 Å². The third kappa shape index (κ3) is 4.34. The Hall–Kier alpha value is -2.86. The van der Waals surface area contributed by atoms with Gasteiger partial charge >= 0.3 is 0 Å². The molecule has 4 rings (SSSR count). The molecule has 1 fully saturated rings. The number of nitrogens with zero attached hydrogens (tertiary/aromatic N) is 2. The van der Waals surface area contributed by atoms with Crippen LogP contribution in [0.3, 0.4) is 0 Å². The molecule has 5 nitrogen and oxygen atoms in total. The summed E-state index contributed by atoms with van der Waals surface area (Å²) < 4.78 is 12.4. The van der Waals surface area contributed by atoms with Crippen LogP contribution in [0.2, 0.25) is 0 Å². The number of carbonyl (C=O) groups is 1. The second kappa shape index (κ2) is 8.44. The van der Waals surface area contributed by atoms with Gasteiger partial charge in [0.05, 0.1) is 17.3 Å². The van der Waals surface area contributed by atoms with E-state index in [1.807, 2.05) is 59.5 Å². The highest BCUT2D eigenvalue weighted by molar-refractivity contribution is 7.20. The van der Waals surface area contributed by atoms with Crippen molar-refractivity contribution in [2.24, 2.45) is 0 Å². The Bertz CT molecular complexity index is 976. The SMILES string of the molecule is COc1ccc2sc(OC3CCN(C(=O)C=Cc4ccccc4)CC3)nc2c1. The normalized spacial score (nSPS) is 15.2.